The van der Waals surface area contributed by atoms with Gasteiger partial charge in [-0.3, -0.25) is 0 Å². The third-order valence-electron chi connectivity index (χ3n) is 2.27. The zero-order chi connectivity index (χ0) is 12.3. The molecular formula is C12H12ClFN2S. The average molecular weight is 271 g/mol. The molecule has 0 unspecified atom stereocenters. The van der Waals surface area contributed by atoms with Crippen molar-refractivity contribution in [2.75, 3.05) is 6.54 Å². The second-order valence-corrected chi connectivity index (χ2v) is 4.82. The van der Waals surface area contributed by atoms with Crippen LogP contribution in [0.15, 0.2) is 23.6 Å². The normalized spacial score (nSPS) is 10.8. The summed E-state index contributed by atoms with van der Waals surface area (Å²) >= 11 is 7.28. The predicted octanol–water partition coefficient (Wildman–Crippen LogP) is 3.71. The highest BCUT2D eigenvalue weighted by molar-refractivity contribution is 7.13. The molecule has 0 bridgehead atoms. The lowest BCUT2D eigenvalue weighted by Gasteiger charge is -1.99. The van der Waals surface area contributed by atoms with Crippen LogP contribution in [0.2, 0.25) is 5.02 Å². The Morgan fingerprint density at radius 2 is 2.29 bits per heavy atom. The molecule has 5 heteroatoms. The highest BCUT2D eigenvalue weighted by atomic mass is 35.5. The molecule has 0 amide bonds. The van der Waals surface area contributed by atoms with E-state index in [4.69, 9.17) is 11.6 Å². The number of benzene rings is 1. The summed E-state index contributed by atoms with van der Waals surface area (Å²) in [5.41, 5.74) is 1.84. The van der Waals surface area contributed by atoms with Gasteiger partial charge >= 0.3 is 0 Å². The van der Waals surface area contributed by atoms with Crippen LogP contribution >= 0.6 is 22.9 Å². The summed E-state index contributed by atoms with van der Waals surface area (Å²) in [6.07, 6.45) is 0. The first-order valence-electron chi connectivity index (χ1n) is 5.31. The van der Waals surface area contributed by atoms with E-state index in [1.807, 2.05) is 12.3 Å². The van der Waals surface area contributed by atoms with Gasteiger partial charge in [0.15, 0.2) is 0 Å². The predicted molar refractivity (Wildman–Crippen MR) is 69.9 cm³/mol. The minimum absolute atomic E-state index is 0.130. The minimum Gasteiger partial charge on any atom is -0.311 e. The maximum absolute atomic E-state index is 13.0. The average Bonchev–Trinajstić information content (AvgIpc) is 2.79. The number of rotatable bonds is 4. The van der Waals surface area contributed by atoms with E-state index < -0.39 is 5.82 Å². The SMILES string of the molecule is CCNCc1csc(-c2ccc(F)c(Cl)c2)n1. The van der Waals surface area contributed by atoms with Crippen LogP contribution in [-0.2, 0) is 6.54 Å². The van der Waals surface area contributed by atoms with Gasteiger partial charge in [0.2, 0.25) is 0 Å². The number of thiazole rings is 1. The smallest absolute Gasteiger partial charge is 0.141 e. The first kappa shape index (κ1) is 12.5. The van der Waals surface area contributed by atoms with Crippen molar-refractivity contribution in [2.45, 2.75) is 13.5 Å². The molecule has 0 aliphatic heterocycles. The van der Waals surface area contributed by atoms with Crippen molar-refractivity contribution in [2.24, 2.45) is 0 Å². The zero-order valence-electron chi connectivity index (χ0n) is 9.34. The zero-order valence-corrected chi connectivity index (χ0v) is 10.9. The van der Waals surface area contributed by atoms with Gasteiger partial charge in [0.1, 0.15) is 10.8 Å². The maximum atomic E-state index is 13.0. The Labute approximate surface area is 108 Å². The highest BCUT2D eigenvalue weighted by Gasteiger charge is 2.07. The van der Waals surface area contributed by atoms with Crippen LogP contribution < -0.4 is 5.32 Å². The highest BCUT2D eigenvalue weighted by Crippen LogP contribution is 2.27. The fourth-order valence-electron chi connectivity index (χ4n) is 1.40. The van der Waals surface area contributed by atoms with Crippen LogP contribution in [0.25, 0.3) is 10.6 Å². The van der Waals surface area contributed by atoms with Crippen LogP contribution in [0.1, 0.15) is 12.6 Å². The lowest BCUT2D eigenvalue weighted by atomic mass is 10.2. The van der Waals surface area contributed by atoms with Gasteiger partial charge in [-0.2, -0.15) is 0 Å². The molecule has 0 aliphatic rings. The molecule has 17 heavy (non-hydrogen) atoms. The van der Waals surface area contributed by atoms with Gasteiger partial charge in [0.25, 0.3) is 0 Å². The first-order valence-corrected chi connectivity index (χ1v) is 6.57. The van der Waals surface area contributed by atoms with Crippen molar-refractivity contribution in [3.8, 4) is 10.6 Å². The van der Waals surface area contributed by atoms with Gasteiger partial charge in [-0.25, -0.2) is 9.37 Å². The lowest BCUT2D eigenvalue weighted by Crippen LogP contribution is -2.11. The van der Waals surface area contributed by atoms with Gasteiger partial charge in [0, 0.05) is 17.5 Å². The second kappa shape index (κ2) is 5.58. The Bertz CT molecular complexity index is 513. The number of nitrogens with zero attached hydrogens (tertiary/aromatic N) is 1. The molecule has 0 spiro atoms. The molecular weight excluding hydrogens is 259 g/mol. The molecule has 0 atom stereocenters. The molecule has 1 aromatic heterocycles. The van der Waals surface area contributed by atoms with Crippen LogP contribution in [0.5, 0.6) is 0 Å². The number of halogens is 2. The third kappa shape index (κ3) is 3.03. The van der Waals surface area contributed by atoms with Crippen molar-refractivity contribution in [3.05, 3.63) is 40.1 Å². The molecule has 2 nitrogen and oxygen atoms in total. The lowest BCUT2D eigenvalue weighted by molar-refractivity contribution is 0.628. The van der Waals surface area contributed by atoms with Gasteiger partial charge < -0.3 is 5.32 Å². The largest absolute Gasteiger partial charge is 0.311 e. The Balaban J connectivity index is 2.21. The standard InChI is InChI=1S/C12H12ClFN2S/c1-2-15-6-9-7-17-12(16-9)8-3-4-11(14)10(13)5-8/h3-5,7,15H,2,6H2,1H3. The molecule has 2 aromatic rings. The molecule has 2 rings (SSSR count). The number of hydrogen-bond acceptors (Lipinski definition) is 3. The molecule has 0 saturated heterocycles. The number of hydrogen-bond donors (Lipinski definition) is 1. The van der Waals surface area contributed by atoms with E-state index in [1.165, 1.54) is 17.4 Å². The minimum atomic E-state index is -0.403. The van der Waals surface area contributed by atoms with Gasteiger partial charge in [-0.15, -0.1) is 11.3 Å². The van der Waals surface area contributed by atoms with Crippen molar-refractivity contribution in [1.29, 1.82) is 0 Å². The Morgan fingerprint density at radius 1 is 1.47 bits per heavy atom. The molecule has 0 radical (unpaired) electrons. The summed E-state index contributed by atoms with van der Waals surface area (Å²) in [7, 11) is 0. The van der Waals surface area contributed by atoms with E-state index >= 15 is 0 Å². The number of aromatic nitrogens is 1. The molecule has 1 N–H and O–H groups in total. The van der Waals surface area contributed by atoms with E-state index in [2.05, 4.69) is 10.3 Å². The van der Waals surface area contributed by atoms with E-state index in [-0.39, 0.29) is 5.02 Å². The van der Waals surface area contributed by atoms with E-state index in [1.54, 1.807) is 12.1 Å². The van der Waals surface area contributed by atoms with Crippen LogP contribution in [0.3, 0.4) is 0 Å². The van der Waals surface area contributed by atoms with Crippen molar-refractivity contribution >= 4 is 22.9 Å². The molecule has 1 heterocycles. The van der Waals surface area contributed by atoms with Crippen molar-refractivity contribution in [3.63, 3.8) is 0 Å². The van der Waals surface area contributed by atoms with Crippen molar-refractivity contribution < 1.29 is 4.39 Å². The molecule has 0 saturated carbocycles. The summed E-state index contributed by atoms with van der Waals surface area (Å²) in [6.45, 7) is 3.71. The van der Waals surface area contributed by atoms with Gasteiger partial charge in [-0.1, -0.05) is 18.5 Å². The maximum Gasteiger partial charge on any atom is 0.141 e. The molecule has 0 aliphatic carbocycles. The van der Waals surface area contributed by atoms with Crippen LogP contribution in [-0.4, -0.2) is 11.5 Å². The van der Waals surface area contributed by atoms with E-state index in [0.29, 0.717) is 0 Å². The molecule has 0 fully saturated rings. The van der Waals surface area contributed by atoms with Crippen LogP contribution in [0, 0.1) is 5.82 Å². The Morgan fingerprint density at radius 3 is 3.00 bits per heavy atom. The van der Waals surface area contributed by atoms with Crippen LogP contribution in [0.4, 0.5) is 4.39 Å². The number of nitrogens with one attached hydrogen (secondary N) is 1. The Hall–Kier alpha value is -0.970. The van der Waals surface area contributed by atoms with Crippen molar-refractivity contribution in [1.82, 2.24) is 10.3 Å². The topological polar surface area (TPSA) is 24.9 Å². The summed E-state index contributed by atoms with van der Waals surface area (Å²) < 4.78 is 13.0. The molecule has 90 valence electrons. The fraction of sp³-hybridized carbons (Fsp3) is 0.250. The quantitative estimate of drug-likeness (QED) is 0.916. The van der Waals surface area contributed by atoms with Gasteiger partial charge in [-0.05, 0) is 24.7 Å². The Kier molecular flexibility index (Phi) is 4.10. The second-order valence-electron chi connectivity index (χ2n) is 3.55. The van der Waals surface area contributed by atoms with E-state index in [9.17, 15) is 4.39 Å². The summed E-state index contributed by atoms with van der Waals surface area (Å²) in [6, 6.07) is 4.66. The molecule has 1 aromatic carbocycles. The summed E-state index contributed by atoms with van der Waals surface area (Å²) in [5, 5.41) is 6.19. The fourth-order valence-corrected chi connectivity index (χ4v) is 2.40. The summed E-state index contributed by atoms with van der Waals surface area (Å²) in [5.74, 6) is -0.403. The third-order valence-corrected chi connectivity index (χ3v) is 3.50. The van der Waals surface area contributed by atoms with E-state index in [0.717, 1.165) is 29.4 Å². The first-order chi connectivity index (χ1) is 8.20. The van der Waals surface area contributed by atoms with Gasteiger partial charge in [0.05, 0.1) is 10.7 Å². The summed E-state index contributed by atoms with van der Waals surface area (Å²) in [4.78, 5) is 4.46. The monoisotopic (exact) mass is 270 g/mol.